The Morgan fingerprint density at radius 3 is 3.12 bits per heavy atom. The molecule has 0 spiro atoms. The van der Waals surface area contributed by atoms with E-state index in [1.165, 1.54) is 0 Å². The van der Waals surface area contributed by atoms with E-state index in [2.05, 4.69) is 10.6 Å². The molecule has 0 aromatic carbocycles. The highest BCUT2D eigenvalue weighted by molar-refractivity contribution is 7.07. The van der Waals surface area contributed by atoms with Crippen molar-refractivity contribution >= 4 is 29.7 Å². The second-order valence-corrected chi connectivity index (χ2v) is 4.70. The topological polar surface area (TPSA) is 41.1 Å². The summed E-state index contributed by atoms with van der Waals surface area (Å²) in [5.74, 6) is 0.141. The zero-order chi connectivity index (χ0) is 10.5. The van der Waals surface area contributed by atoms with E-state index >= 15 is 0 Å². The maximum Gasteiger partial charge on any atom is 0.224 e. The van der Waals surface area contributed by atoms with Crippen molar-refractivity contribution in [2.75, 3.05) is 13.1 Å². The van der Waals surface area contributed by atoms with Crippen molar-refractivity contribution < 1.29 is 4.79 Å². The average Bonchev–Trinajstić information content (AvgIpc) is 2.71. The summed E-state index contributed by atoms with van der Waals surface area (Å²) in [5.41, 5.74) is 1.11. The molecule has 0 aliphatic carbocycles. The predicted octanol–water partition coefficient (Wildman–Crippen LogP) is 1.58. The van der Waals surface area contributed by atoms with Crippen LogP contribution in [0.15, 0.2) is 16.8 Å². The standard InChI is InChI=1S/C11H16N2OS.ClH/c14-11(6-9-3-5-15-8-9)13-10-2-1-4-12-7-10;/h3,5,8,10,12H,1-2,4,6-7H2,(H,13,14);1H. The normalized spacial score (nSPS) is 19.9. The minimum atomic E-state index is 0. The summed E-state index contributed by atoms with van der Waals surface area (Å²) in [6.07, 6.45) is 2.77. The molecule has 1 aromatic rings. The fourth-order valence-electron chi connectivity index (χ4n) is 1.83. The fraction of sp³-hybridized carbons (Fsp3) is 0.545. The average molecular weight is 261 g/mol. The van der Waals surface area contributed by atoms with Gasteiger partial charge >= 0.3 is 0 Å². The van der Waals surface area contributed by atoms with Gasteiger partial charge in [0, 0.05) is 12.6 Å². The van der Waals surface area contributed by atoms with Gasteiger partial charge in [0.2, 0.25) is 5.91 Å². The first-order chi connectivity index (χ1) is 7.34. The summed E-state index contributed by atoms with van der Waals surface area (Å²) in [7, 11) is 0. The Bertz CT molecular complexity index is 310. The Morgan fingerprint density at radius 2 is 2.50 bits per heavy atom. The number of halogens is 1. The SMILES string of the molecule is Cl.O=C(Cc1ccsc1)NC1CCCNC1. The summed E-state index contributed by atoms with van der Waals surface area (Å²) >= 11 is 1.64. The van der Waals surface area contributed by atoms with Crippen LogP contribution in [-0.4, -0.2) is 25.0 Å². The van der Waals surface area contributed by atoms with Crippen molar-refractivity contribution in [3.63, 3.8) is 0 Å². The van der Waals surface area contributed by atoms with E-state index in [0.29, 0.717) is 12.5 Å². The van der Waals surface area contributed by atoms with E-state index in [1.807, 2.05) is 16.8 Å². The number of rotatable bonds is 3. The Morgan fingerprint density at radius 1 is 1.62 bits per heavy atom. The Balaban J connectivity index is 0.00000128. The van der Waals surface area contributed by atoms with Crippen molar-refractivity contribution in [2.24, 2.45) is 0 Å². The van der Waals surface area contributed by atoms with Crippen LogP contribution < -0.4 is 10.6 Å². The molecule has 1 aliphatic rings. The lowest BCUT2D eigenvalue weighted by Gasteiger charge is -2.23. The van der Waals surface area contributed by atoms with Gasteiger partial charge in [-0.05, 0) is 41.8 Å². The predicted molar refractivity (Wildman–Crippen MR) is 69.3 cm³/mol. The van der Waals surface area contributed by atoms with Gasteiger partial charge in [-0.3, -0.25) is 4.79 Å². The minimum Gasteiger partial charge on any atom is -0.352 e. The van der Waals surface area contributed by atoms with Crippen LogP contribution in [0.1, 0.15) is 18.4 Å². The zero-order valence-electron chi connectivity index (χ0n) is 9.07. The van der Waals surface area contributed by atoms with Crippen LogP contribution in [0.5, 0.6) is 0 Å². The van der Waals surface area contributed by atoms with Crippen LogP contribution in [0.2, 0.25) is 0 Å². The third-order valence-corrected chi connectivity index (χ3v) is 3.34. The number of carbonyl (C=O) groups excluding carboxylic acids is 1. The molecule has 1 saturated heterocycles. The maximum absolute atomic E-state index is 11.6. The van der Waals surface area contributed by atoms with E-state index in [-0.39, 0.29) is 18.3 Å². The van der Waals surface area contributed by atoms with E-state index in [1.54, 1.807) is 11.3 Å². The molecule has 90 valence electrons. The molecule has 2 heterocycles. The Labute approximate surface area is 106 Å². The van der Waals surface area contributed by atoms with Crippen LogP contribution in [0, 0.1) is 0 Å². The quantitative estimate of drug-likeness (QED) is 0.867. The Kier molecular flexibility index (Phi) is 5.80. The van der Waals surface area contributed by atoms with Gasteiger partial charge in [0.15, 0.2) is 0 Å². The van der Waals surface area contributed by atoms with Crippen LogP contribution in [0.25, 0.3) is 0 Å². The highest BCUT2D eigenvalue weighted by Crippen LogP contribution is 2.07. The molecule has 5 heteroatoms. The molecule has 0 bridgehead atoms. The number of amides is 1. The first kappa shape index (κ1) is 13.5. The molecule has 3 nitrogen and oxygen atoms in total. The number of piperidine rings is 1. The molecular weight excluding hydrogens is 244 g/mol. The van der Waals surface area contributed by atoms with Gasteiger partial charge in [-0.25, -0.2) is 0 Å². The Hall–Kier alpha value is -0.580. The van der Waals surface area contributed by atoms with Crippen molar-refractivity contribution in [1.82, 2.24) is 10.6 Å². The molecule has 2 rings (SSSR count). The second kappa shape index (κ2) is 6.89. The molecule has 1 aromatic heterocycles. The highest BCUT2D eigenvalue weighted by Gasteiger charge is 2.15. The molecule has 16 heavy (non-hydrogen) atoms. The molecule has 1 amide bonds. The van der Waals surface area contributed by atoms with Crippen molar-refractivity contribution in [2.45, 2.75) is 25.3 Å². The maximum atomic E-state index is 11.6. The third-order valence-electron chi connectivity index (χ3n) is 2.61. The lowest BCUT2D eigenvalue weighted by Crippen LogP contribution is -2.46. The van der Waals surface area contributed by atoms with Crippen molar-refractivity contribution in [3.8, 4) is 0 Å². The summed E-state index contributed by atoms with van der Waals surface area (Å²) < 4.78 is 0. The lowest BCUT2D eigenvalue weighted by atomic mass is 10.1. The van der Waals surface area contributed by atoms with Crippen molar-refractivity contribution in [1.29, 1.82) is 0 Å². The van der Waals surface area contributed by atoms with Crippen LogP contribution >= 0.6 is 23.7 Å². The summed E-state index contributed by atoms with van der Waals surface area (Å²) in [6, 6.07) is 2.33. The molecule has 1 fully saturated rings. The molecule has 1 aliphatic heterocycles. The number of hydrogen-bond acceptors (Lipinski definition) is 3. The second-order valence-electron chi connectivity index (χ2n) is 3.92. The third kappa shape index (κ3) is 4.12. The summed E-state index contributed by atoms with van der Waals surface area (Å²) in [6.45, 7) is 1.99. The number of hydrogen-bond donors (Lipinski definition) is 2. The molecule has 0 saturated carbocycles. The molecule has 1 unspecified atom stereocenters. The number of thiophene rings is 1. The first-order valence-electron chi connectivity index (χ1n) is 5.36. The van der Waals surface area contributed by atoms with E-state index < -0.39 is 0 Å². The van der Waals surface area contributed by atoms with Gasteiger partial charge < -0.3 is 10.6 Å². The van der Waals surface area contributed by atoms with Gasteiger partial charge in [0.05, 0.1) is 6.42 Å². The summed E-state index contributed by atoms with van der Waals surface area (Å²) in [5, 5.41) is 10.4. The van der Waals surface area contributed by atoms with Crippen LogP contribution in [0.4, 0.5) is 0 Å². The van der Waals surface area contributed by atoms with Crippen molar-refractivity contribution in [3.05, 3.63) is 22.4 Å². The number of carbonyl (C=O) groups is 1. The van der Waals surface area contributed by atoms with Gasteiger partial charge in [0.1, 0.15) is 0 Å². The van der Waals surface area contributed by atoms with Gasteiger partial charge in [-0.1, -0.05) is 0 Å². The zero-order valence-corrected chi connectivity index (χ0v) is 10.7. The van der Waals surface area contributed by atoms with E-state index in [9.17, 15) is 4.79 Å². The lowest BCUT2D eigenvalue weighted by molar-refractivity contribution is -0.121. The van der Waals surface area contributed by atoms with Gasteiger partial charge in [-0.2, -0.15) is 11.3 Å². The molecule has 0 radical (unpaired) electrons. The molecular formula is C11H17ClN2OS. The molecule has 1 atom stereocenters. The van der Waals surface area contributed by atoms with Gasteiger partial charge in [0.25, 0.3) is 0 Å². The highest BCUT2D eigenvalue weighted by atomic mass is 35.5. The first-order valence-corrected chi connectivity index (χ1v) is 6.30. The smallest absolute Gasteiger partial charge is 0.224 e. The van der Waals surface area contributed by atoms with E-state index in [0.717, 1.165) is 31.5 Å². The minimum absolute atomic E-state index is 0. The van der Waals surface area contributed by atoms with E-state index in [4.69, 9.17) is 0 Å². The number of nitrogens with one attached hydrogen (secondary N) is 2. The largest absolute Gasteiger partial charge is 0.352 e. The monoisotopic (exact) mass is 260 g/mol. The summed E-state index contributed by atoms with van der Waals surface area (Å²) in [4.78, 5) is 11.6. The van der Waals surface area contributed by atoms with Gasteiger partial charge in [-0.15, -0.1) is 12.4 Å². The molecule has 2 N–H and O–H groups in total. The fourth-order valence-corrected chi connectivity index (χ4v) is 2.50. The van der Waals surface area contributed by atoms with Crippen LogP contribution in [-0.2, 0) is 11.2 Å². The van der Waals surface area contributed by atoms with Crippen LogP contribution in [0.3, 0.4) is 0 Å².